The molecule has 0 bridgehead atoms. The summed E-state index contributed by atoms with van der Waals surface area (Å²) in [5.74, 6) is -0.874. The number of fused-ring (bicyclic) bond motifs is 3. The first kappa shape index (κ1) is 23.8. The van der Waals surface area contributed by atoms with Crippen molar-refractivity contribution in [3.8, 4) is 11.1 Å². The van der Waals surface area contributed by atoms with Crippen LogP contribution in [0.3, 0.4) is 0 Å². The molecule has 2 N–H and O–H groups in total. The normalized spacial score (nSPS) is 15.7. The molecule has 2 aromatic rings. The highest BCUT2D eigenvalue weighted by Crippen LogP contribution is 2.44. The number of rotatable bonds is 10. The van der Waals surface area contributed by atoms with Crippen molar-refractivity contribution >= 4 is 18.0 Å². The third-order valence-electron chi connectivity index (χ3n) is 6.42. The van der Waals surface area contributed by atoms with E-state index in [0.717, 1.165) is 0 Å². The van der Waals surface area contributed by atoms with Crippen molar-refractivity contribution in [1.82, 2.24) is 10.2 Å². The number of amides is 2. The molecule has 1 unspecified atom stereocenters. The van der Waals surface area contributed by atoms with Gasteiger partial charge in [0.15, 0.2) is 0 Å². The van der Waals surface area contributed by atoms with E-state index in [-0.39, 0.29) is 37.1 Å². The second-order valence-electron chi connectivity index (χ2n) is 8.98. The van der Waals surface area contributed by atoms with Crippen molar-refractivity contribution in [3.63, 3.8) is 0 Å². The van der Waals surface area contributed by atoms with E-state index in [1.165, 1.54) is 22.3 Å². The summed E-state index contributed by atoms with van der Waals surface area (Å²) in [6.45, 7) is 3.18. The zero-order valence-corrected chi connectivity index (χ0v) is 19.2. The second-order valence-corrected chi connectivity index (χ2v) is 8.98. The van der Waals surface area contributed by atoms with Crippen LogP contribution < -0.4 is 5.32 Å². The first-order valence-corrected chi connectivity index (χ1v) is 11.6. The number of nitrogens with zero attached hydrogens (tertiary/aromatic N) is 1. The summed E-state index contributed by atoms with van der Waals surface area (Å²) in [6, 6.07) is 16.4. The SMILES string of the molecule is CC(CCNC(=O)OCC1c2ccccc2-c2ccccc21)CC(=O)N1CC(OCC(=O)O)C1. The highest BCUT2D eigenvalue weighted by atomic mass is 16.5. The van der Waals surface area contributed by atoms with Crippen molar-refractivity contribution in [2.45, 2.75) is 31.8 Å². The number of carbonyl (C=O) groups excluding carboxylic acids is 2. The standard InChI is InChI=1S/C26H30N2O6/c1-17(12-24(29)28-13-18(14-28)33-16-25(30)31)10-11-27-26(32)34-15-23-21-8-4-2-6-19(21)20-7-3-5-9-22(20)23/h2-9,17-18,23H,10-16H2,1H3,(H,27,32)(H,30,31). The second kappa shape index (κ2) is 10.7. The van der Waals surface area contributed by atoms with Crippen LogP contribution in [0, 0.1) is 5.92 Å². The molecule has 0 saturated carbocycles. The van der Waals surface area contributed by atoms with E-state index in [4.69, 9.17) is 14.6 Å². The van der Waals surface area contributed by atoms with Crippen LogP contribution in [0.5, 0.6) is 0 Å². The first-order chi connectivity index (χ1) is 16.4. The summed E-state index contributed by atoms with van der Waals surface area (Å²) >= 11 is 0. The third-order valence-corrected chi connectivity index (χ3v) is 6.42. The molecule has 1 aliphatic heterocycles. The van der Waals surface area contributed by atoms with Crippen LogP contribution >= 0.6 is 0 Å². The van der Waals surface area contributed by atoms with E-state index >= 15 is 0 Å². The minimum absolute atomic E-state index is 0.0174. The number of hydrogen-bond donors (Lipinski definition) is 2. The van der Waals surface area contributed by atoms with Gasteiger partial charge in [0.25, 0.3) is 0 Å². The minimum atomic E-state index is -1.01. The summed E-state index contributed by atoms with van der Waals surface area (Å²) in [5, 5.41) is 11.4. The van der Waals surface area contributed by atoms with Crippen LogP contribution in [0.1, 0.15) is 36.8 Å². The molecule has 1 saturated heterocycles. The van der Waals surface area contributed by atoms with Gasteiger partial charge in [-0.1, -0.05) is 55.5 Å². The smallest absolute Gasteiger partial charge is 0.407 e. The molecule has 8 nitrogen and oxygen atoms in total. The Morgan fingerprint density at radius 3 is 2.29 bits per heavy atom. The molecule has 0 aromatic heterocycles. The Morgan fingerprint density at radius 2 is 1.68 bits per heavy atom. The Labute approximate surface area is 198 Å². The third kappa shape index (κ3) is 5.56. The van der Waals surface area contributed by atoms with E-state index in [0.29, 0.717) is 32.5 Å². The van der Waals surface area contributed by atoms with Crippen LogP contribution in [-0.2, 0) is 19.1 Å². The zero-order valence-electron chi connectivity index (χ0n) is 19.2. The lowest BCUT2D eigenvalue weighted by Gasteiger charge is -2.39. The molecule has 1 atom stereocenters. The van der Waals surface area contributed by atoms with Gasteiger partial charge in [-0.3, -0.25) is 4.79 Å². The molecule has 180 valence electrons. The lowest BCUT2D eigenvalue weighted by molar-refractivity contribution is -0.154. The highest BCUT2D eigenvalue weighted by molar-refractivity contribution is 5.79. The summed E-state index contributed by atoms with van der Waals surface area (Å²) in [5.41, 5.74) is 4.72. The van der Waals surface area contributed by atoms with Gasteiger partial charge in [-0.2, -0.15) is 0 Å². The van der Waals surface area contributed by atoms with Gasteiger partial charge in [-0.25, -0.2) is 9.59 Å². The number of carbonyl (C=O) groups is 3. The molecule has 2 aliphatic rings. The molecular weight excluding hydrogens is 436 g/mol. The van der Waals surface area contributed by atoms with Crippen molar-refractivity contribution in [1.29, 1.82) is 0 Å². The Bertz CT molecular complexity index is 1000. The van der Waals surface area contributed by atoms with Crippen molar-refractivity contribution in [2.75, 3.05) is 32.8 Å². The van der Waals surface area contributed by atoms with Gasteiger partial charge in [0.2, 0.25) is 5.91 Å². The van der Waals surface area contributed by atoms with Gasteiger partial charge in [0, 0.05) is 32.0 Å². The van der Waals surface area contributed by atoms with Crippen LogP contribution in [0.15, 0.2) is 48.5 Å². The molecule has 2 aromatic carbocycles. The minimum Gasteiger partial charge on any atom is -0.480 e. The average molecular weight is 467 g/mol. The molecule has 1 aliphatic carbocycles. The van der Waals surface area contributed by atoms with Crippen LogP contribution in [-0.4, -0.2) is 66.9 Å². The number of nitrogens with one attached hydrogen (secondary N) is 1. The summed E-state index contributed by atoms with van der Waals surface area (Å²) in [7, 11) is 0. The maximum Gasteiger partial charge on any atom is 0.407 e. The largest absolute Gasteiger partial charge is 0.480 e. The predicted molar refractivity (Wildman–Crippen MR) is 125 cm³/mol. The maximum absolute atomic E-state index is 12.3. The van der Waals surface area contributed by atoms with E-state index in [1.807, 2.05) is 31.2 Å². The van der Waals surface area contributed by atoms with Gasteiger partial charge >= 0.3 is 12.1 Å². The number of benzene rings is 2. The van der Waals surface area contributed by atoms with E-state index < -0.39 is 12.1 Å². The summed E-state index contributed by atoms with van der Waals surface area (Å²) in [4.78, 5) is 36.8. The maximum atomic E-state index is 12.3. The number of carboxylic acid groups (broad SMARTS) is 1. The zero-order chi connectivity index (χ0) is 24.1. The Hall–Kier alpha value is -3.39. The molecule has 2 amide bonds. The van der Waals surface area contributed by atoms with Crippen molar-refractivity contribution < 1.29 is 29.0 Å². The number of carboxylic acids is 1. The molecule has 4 rings (SSSR count). The lowest BCUT2D eigenvalue weighted by Crippen LogP contribution is -2.55. The molecule has 8 heteroatoms. The Morgan fingerprint density at radius 1 is 1.06 bits per heavy atom. The van der Waals surface area contributed by atoms with E-state index in [1.54, 1.807) is 4.90 Å². The van der Waals surface area contributed by atoms with Crippen LogP contribution in [0.2, 0.25) is 0 Å². The fourth-order valence-corrected chi connectivity index (χ4v) is 4.54. The average Bonchev–Trinajstić information content (AvgIpc) is 3.10. The predicted octanol–water partition coefficient (Wildman–Crippen LogP) is 3.25. The lowest BCUT2D eigenvalue weighted by atomic mass is 9.98. The number of hydrogen-bond acceptors (Lipinski definition) is 5. The topological polar surface area (TPSA) is 105 Å². The van der Waals surface area contributed by atoms with Crippen LogP contribution in [0.4, 0.5) is 4.79 Å². The van der Waals surface area contributed by atoms with Crippen molar-refractivity contribution in [3.05, 3.63) is 59.7 Å². The van der Waals surface area contributed by atoms with Crippen molar-refractivity contribution in [2.24, 2.45) is 5.92 Å². The molecule has 34 heavy (non-hydrogen) atoms. The fraction of sp³-hybridized carbons (Fsp3) is 0.423. The van der Waals surface area contributed by atoms with Gasteiger partial charge in [-0.05, 0) is 34.6 Å². The van der Waals surface area contributed by atoms with Gasteiger partial charge in [-0.15, -0.1) is 0 Å². The Balaban J connectivity index is 1.15. The molecule has 0 spiro atoms. The van der Waals surface area contributed by atoms with Gasteiger partial charge < -0.3 is 24.8 Å². The highest BCUT2D eigenvalue weighted by Gasteiger charge is 2.32. The molecule has 1 heterocycles. The Kier molecular flexibility index (Phi) is 7.47. The molecule has 0 radical (unpaired) electrons. The van der Waals surface area contributed by atoms with E-state index in [9.17, 15) is 14.4 Å². The van der Waals surface area contributed by atoms with Crippen LogP contribution in [0.25, 0.3) is 11.1 Å². The number of aliphatic carboxylic acids is 1. The first-order valence-electron chi connectivity index (χ1n) is 11.6. The van der Waals surface area contributed by atoms with Gasteiger partial charge in [0.05, 0.1) is 6.10 Å². The number of alkyl carbamates (subject to hydrolysis) is 1. The monoisotopic (exact) mass is 466 g/mol. The van der Waals surface area contributed by atoms with Gasteiger partial charge in [0.1, 0.15) is 13.2 Å². The molecule has 1 fully saturated rings. The fourth-order valence-electron chi connectivity index (χ4n) is 4.54. The molecular formula is C26H30N2O6. The number of likely N-dealkylation sites (tertiary alicyclic amines) is 1. The van der Waals surface area contributed by atoms with E-state index in [2.05, 4.69) is 29.6 Å². The summed E-state index contributed by atoms with van der Waals surface area (Å²) in [6.07, 6.45) is 0.368. The summed E-state index contributed by atoms with van der Waals surface area (Å²) < 4.78 is 10.7. The number of ether oxygens (including phenoxy) is 2. The quantitative estimate of drug-likeness (QED) is 0.557.